The van der Waals surface area contributed by atoms with Crippen LogP contribution in [-0.4, -0.2) is 40.8 Å². The first-order valence-electron chi connectivity index (χ1n) is 8.59. The first-order valence-corrected chi connectivity index (χ1v) is 8.59. The summed E-state index contributed by atoms with van der Waals surface area (Å²) >= 11 is 0. The van der Waals surface area contributed by atoms with E-state index in [1.54, 1.807) is 0 Å². The predicted octanol–water partition coefficient (Wildman–Crippen LogP) is 3.23. The fourth-order valence-electron chi connectivity index (χ4n) is 3.26. The average molecular weight is 321 g/mol. The number of aromatic nitrogens is 2. The summed E-state index contributed by atoms with van der Waals surface area (Å²) in [5.74, 6) is 1.14. The molecule has 0 spiro atoms. The van der Waals surface area contributed by atoms with Gasteiger partial charge >= 0.3 is 0 Å². The third kappa shape index (κ3) is 3.21. The van der Waals surface area contributed by atoms with Crippen molar-refractivity contribution in [3.63, 3.8) is 0 Å². The van der Waals surface area contributed by atoms with Crippen LogP contribution in [0.5, 0.6) is 0 Å². The molecule has 0 amide bonds. The van der Waals surface area contributed by atoms with E-state index in [0.717, 1.165) is 50.7 Å². The number of imidazole rings is 1. The normalized spacial score (nSPS) is 15.9. The van der Waals surface area contributed by atoms with Gasteiger partial charge in [-0.1, -0.05) is 42.0 Å². The summed E-state index contributed by atoms with van der Waals surface area (Å²) in [6.45, 7) is 7.46. The quantitative estimate of drug-likeness (QED) is 0.739. The summed E-state index contributed by atoms with van der Waals surface area (Å²) in [5, 5.41) is 0. The van der Waals surface area contributed by atoms with E-state index in [0.29, 0.717) is 0 Å². The molecule has 2 aromatic carbocycles. The van der Waals surface area contributed by atoms with E-state index in [4.69, 9.17) is 9.72 Å². The van der Waals surface area contributed by atoms with Crippen LogP contribution >= 0.6 is 0 Å². The molecule has 1 aromatic heterocycles. The standard InChI is InChI=1S/C20H23N3O/c1-16-6-8-17(9-7-16)14-23-19-5-3-2-4-18(19)21-20(23)15-22-10-12-24-13-11-22/h2-9H,10-15H2,1H3. The second-order valence-electron chi connectivity index (χ2n) is 6.48. The van der Waals surface area contributed by atoms with Crippen LogP contribution in [0.25, 0.3) is 11.0 Å². The molecule has 24 heavy (non-hydrogen) atoms. The number of hydrogen-bond donors (Lipinski definition) is 0. The Bertz CT molecular complexity index is 817. The Morgan fingerprint density at radius 3 is 2.50 bits per heavy atom. The van der Waals surface area contributed by atoms with Crippen molar-refractivity contribution in [1.82, 2.24) is 14.5 Å². The van der Waals surface area contributed by atoms with Crippen LogP contribution in [0.15, 0.2) is 48.5 Å². The topological polar surface area (TPSA) is 30.3 Å². The number of ether oxygens (including phenoxy) is 1. The maximum absolute atomic E-state index is 5.46. The Kier molecular flexibility index (Phi) is 4.32. The van der Waals surface area contributed by atoms with E-state index in [-0.39, 0.29) is 0 Å². The lowest BCUT2D eigenvalue weighted by Crippen LogP contribution is -2.36. The largest absolute Gasteiger partial charge is 0.379 e. The van der Waals surface area contributed by atoms with Crippen molar-refractivity contribution >= 4 is 11.0 Å². The highest BCUT2D eigenvalue weighted by molar-refractivity contribution is 5.76. The first kappa shape index (κ1) is 15.4. The summed E-state index contributed by atoms with van der Waals surface area (Å²) in [7, 11) is 0. The highest BCUT2D eigenvalue weighted by atomic mass is 16.5. The maximum atomic E-state index is 5.46. The van der Waals surface area contributed by atoms with Crippen molar-refractivity contribution in [2.24, 2.45) is 0 Å². The molecule has 0 aliphatic carbocycles. The van der Waals surface area contributed by atoms with E-state index in [9.17, 15) is 0 Å². The Hall–Kier alpha value is -2.17. The Morgan fingerprint density at radius 1 is 0.958 bits per heavy atom. The highest BCUT2D eigenvalue weighted by Gasteiger charge is 2.16. The van der Waals surface area contributed by atoms with Gasteiger partial charge in [0, 0.05) is 19.6 Å². The van der Waals surface area contributed by atoms with Gasteiger partial charge in [0.15, 0.2) is 0 Å². The molecule has 1 saturated heterocycles. The zero-order valence-corrected chi connectivity index (χ0v) is 14.1. The van der Waals surface area contributed by atoms with Gasteiger partial charge in [-0.05, 0) is 24.6 Å². The molecule has 3 aromatic rings. The molecule has 4 rings (SSSR count). The lowest BCUT2D eigenvalue weighted by Gasteiger charge is -2.26. The summed E-state index contributed by atoms with van der Waals surface area (Å²) in [4.78, 5) is 7.33. The molecule has 1 aliphatic rings. The van der Waals surface area contributed by atoms with Crippen LogP contribution < -0.4 is 0 Å². The number of fused-ring (bicyclic) bond motifs is 1. The Balaban J connectivity index is 1.68. The van der Waals surface area contributed by atoms with Crippen LogP contribution in [0.3, 0.4) is 0 Å². The van der Waals surface area contributed by atoms with E-state index in [1.807, 2.05) is 0 Å². The van der Waals surface area contributed by atoms with Gasteiger partial charge in [0.05, 0.1) is 30.8 Å². The van der Waals surface area contributed by atoms with E-state index in [2.05, 4.69) is 64.9 Å². The van der Waals surface area contributed by atoms with Crippen molar-refractivity contribution < 1.29 is 4.74 Å². The van der Waals surface area contributed by atoms with E-state index in [1.165, 1.54) is 16.6 Å². The Morgan fingerprint density at radius 2 is 1.71 bits per heavy atom. The SMILES string of the molecule is Cc1ccc(Cn2c(CN3CCOCC3)nc3ccccc32)cc1. The van der Waals surface area contributed by atoms with Crippen LogP contribution in [0.4, 0.5) is 0 Å². The molecule has 2 heterocycles. The monoisotopic (exact) mass is 321 g/mol. The third-order valence-electron chi connectivity index (χ3n) is 4.66. The molecule has 1 fully saturated rings. The highest BCUT2D eigenvalue weighted by Crippen LogP contribution is 2.20. The van der Waals surface area contributed by atoms with Crippen LogP contribution in [0, 0.1) is 6.92 Å². The van der Waals surface area contributed by atoms with Crippen LogP contribution in [-0.2, 0) is 17.8 Å². The molecule has 0 unspecified atom stereocenters. The lowest BCUT2D eigenvalue weighted by molar-refractivity contribution is 0.0327. The number of para-hydroxylation sites is 2. The second kappa shape index (κ2) is 6.75. The molecule has 4 heteroatoms. The number of benzene rings is 2. The fourth-order valence-corrected chi connectivity index (χ4v) is 3.26. The number of morpholine rings is 1. The third-order valence-corrected chi connectivity index (χ3v) is 4.66. The molecule has 0 radical (unpaired) electrons. The van der Waals surface area contributed by atoms with Gasteiger partial charge in [-0.15, -0.1) is 0 Å². The molecule has 0 N–H and O–H groups in total. The van der Waals surface area contributed by atoms with Crippen molar-refractivity contribution in [2.45, 2.75) is 20.0 Å². The molecule has 0 bridgehead atoms. The van der Waals surface area contributed by atoms with Crippen molar-refractivity contribution in [3.8, 4) is 0 Å². The molecule has 0 atom stereocenters. The molecule has 124 valence electrons. The number of hydrogen-bond acceptors (Lipinski definition) is 3. The van der Waals surface area contributed by atoms with Gasteiger partial charge in [0.1, 0.15) is 5.82 Å². The van der Waals surface area contributed by atoms with Gasteiger partial charge < -0.3 is 9.30 Å². The minimum atomic E-state index is 0.818. The second-order valence-corrected chi connectivity index (χ2v) is 6.48. The predicted molar refractivity (Wildman–Crippen MR) is 96.1 cm³/mol. The number of aryl methyl sites for hydroxylation is 1. The molecule has 4 nitrogen and oxygen atoms in total. The van der Waals surface area contributed by atoms with Crippen LogP contribution in [0.2, 0.25) is 0 Å². The zero-order chi connectivity index (χ0) is 16.4. The minimum Gasteiger partial charge on any atom is -0.379 e. The number of nitrogens with zero attached hydrogens (tertiary/aromatic N) is 3. The Labute approximate surface area is 142 Å². The van der Waals surface area contributed by atoms with E-state index >= 15 is 0 Å². The maximum Gasteiger partial charge on any atom is 0.124 e. The van der Waals surface area contributed by atoms with E-state index < -0.39 is 0 Å². The van der Waals surface area contributed by atoms with Crippen molar-refractivity contribution in [3.05, 3.63) is 65.5 Å². The number of rotatable bonds is 4. The fraction of sp³-hybridized carbons (Fsp3) is 0.350. The minimum absolute atomic E-state index is 0.818. The summed E-state index contributed by atoms with van der Waals surface area (Å²) in [6.07, 6.45) is 0. The van der Waals surface area contributed by atoms with Gasteiger partial charge in [-0.3, -0.25) is 4.90 Å². The zero-order valence-electron chi connectivity index (χ0n) is 14.1. The molecule has 0 saturated carbocycles. The summed E-state index contributed by atoms with van der Waals surface area (Å²) < 4.78 is 7.82. The summed E-state index contributed by atoms with van der Waals surface area (Å²) in [6, 6.07) is 17.2. The first-order chi connectivity index (χ1) is 11.8. The van der Waals surface area contributed by atoms with Crippen molar-refractivity contribution in [1.29, 1.82) is 0 Å². The average Bonchev–Trinajstić information content (AvgIpc) is 2.95. The van der Waals surface area contributed by atoms with Crippen LogP contribution in [0.1, 0.15) is 17.0 Å². The van der Waals surface area contributed by atoms with Gasteiger partial charge in [0.2, 0.25) is 0 Å². The smallest absolute Gasteiger partial charge is 0.124 e. The van der Waals surface area contributed by atoms with Crippen molar-refractivity contribution in [2.75, 3.05) is 26.3 Å². The molecular formula is C20H23N3O. The molecule has 1 aliphatic heterocycles. The van der Waals surface area contributed by atoms with Gasteiger partial charge in [0.25, 0.3) is 0 Å². The molecular weight excluding hydrogens is 298 g/mol. The lowest BCUT2D eigenvalue weighted by atomic mass is 10.1. The summed E-state index contributed by atoms with van der Waals surface area (Å²) in [5.41, 5.74) is 4.89. The van der Waals surface area contributed by atoms with Gasteiger partial charge in [-0.2, -0.15) is 0 Å². The van der Waals surface area contributed by atoms with Gasteiger partial charge in [-0.25, -0.2) is 4.98 Å².